The first-order chi connectivity index (χ1) is 11.5. The summed E-state index contributed by atoms with van der Waals surface area (Å²) in [5.41, 5.74) is 6.47. The van der Waals surface area contributed by atoms with Crippen LogP contribution in [0, 0.1) is 5.92 Å². The van der Waals surface area contributed by atoms with Crippen molar-refractivity contribution in [3.63, 3.8) is 0 Å². The van der Waals surface area contributed by atoms with E-state index in [2.05, 4.69) is 0 Å². The number of fused-ring (bicyclic) bond motifs is 1. The summed E-state index contributed by atoms with van der Waals surface area (Å²) in [5, 5.41) is 0. The van der Waals surface area contributed by atoms with E-state index in [1.54, 1.807) is 6.07 Å². The highest BCUT2D eigenvalue weighted by Crippen LogP contribution is 2.33. The van der Waals surface area contributed by atoms with E-state index in [4.69, 9.17) is 10.5 Å². The number of ketones is 3. The van der Waals surface area contributed by atoms with Crippen LogP contribution in [0.1, 0.15) is 31.1 Å². The lowest BCUT2D eigenvalue weighted by Crippen LogP contribution is -2.25. The van der Waals surface area contributed by atoms with Gasteiger partial charge in [-0.3, -0.25) is 19.2 Å². The number of nitrogens with two attached hydrogens (primary N) is 1. The van der Waals surface area contributed by atoms with Gasteiger partial charge in [-0.15, -0.1) is 0 Å². The van der Waals surface area contributed by atoms with Crippen molar-refractivity contribution in [2.75, 3.05) is 12.3 Å². The Hall–Kier alpha value is -3.28. The van der Waals surface area contributed by atoms with Gasteiger partial charge in [0.25, 0.3) is 0 Å². The number of aldehydes is 1. The van der Waals surface area contributed by atoms with E-state index in [-0.39, 0.29) is 29.0 Å². The number of anilines is 1. The van der Waals surface area contributed by atoms with E-state index < -0.39 is 23.3 Å². The van der Waals surface area contributed by atoms with E-state index >= 15 is 0 Å². The van der Waals surface area contributed by atoms with Crippen LogP contribution >= 0.6 is 0 Å². The maximum absolute atomic E-state index is 12.6. The summed E-state index contributed by atoms with van der Waals surface area (Å²) in [7, 11) is 0. The smallest absolute Gasteiger partial charge is 0.184 e. The lowest BCUT2D eigenvalue weighted by atomic mass is 9.93. The average Bonchev–Trinajstić information content (AvgIpc) is 2.85. The quantitative estimate of drug-likeness (QED) is 0.389. The SMILES string of the molecule is Nc1cccc2c1C(=O)C(C(=O)c1ccc(OCC=O)cc1)C2=O. The van der Waals surface area contributed by atoms with Gasteiger partial charge in [-0.25, -0.2) is 0 Å². The van der Waals surface area contributed by atoms with Crippen LogP contribution in [0.4, 0.5) is 5.69 Å². The van der Waals surface area contributed by atoms with E-state index in [9.17, 15) is 19.2 Å². The second-order valence-electron chi connectivity index (χ2n) is 5.30. The Labute approximate surface area is 137 Å². The van der Waals surface area contributed by atoms with Crippen molar-refractivity contribution in [2.24, 2.45) is 5.92 Å². The van der Waals surface area contributed by atoms with Crippen molar-refractivity contribution < 1.29 is 23.9 Å². The zero-order valence-corrected chi connectivity index (χ0v) is 12.5. The maximum Gasteiger partial charge on any atom is 0.184 e. The van der Waals surface area contributed by atoms with Crippen molar-refractivity contribution in [3.05, 3.63) is 59.2 Å². The van der Waals surface area contributed by atoms with Gasteiger partial charge in [0.15, 0.2) is 23.6 Å². The summed E-state index contributed by atoms with van der Waals surface area (Å²) >= 11 is 0. The van der Waals surface area contributed by atoms with Gasteiger partial charge in [-0.05, 0) is 30.3 Å². The molecule has 0 aliphatic heterocycles. The molecule has 0 aromatic heterocycles. The zero-order chi connectivity index (χ0) is 17.3. The highest BCUT2D eigenvalue weighted by molar-refractivity contribution is 6.39. The van der Waals surface area contributed by atoms with Crippen LogP contribution in [0.25, 0.3) is 0 Å². The Morgan fingerprint density at radius 2 is 1.79 bits per heavy atom. The molecule has 2 aromatic carbocycles. The van der Waals surface area contributed by atoms with Crippen LogP contribution in [0.15, 0.2) is 42.5 Å². The van der Waals surface area contributed by atoms with Crippen molar-refractivity contribution in [2.45, 2.75) is 0 Å². The number of carbonyl (C=O) groups excluding carboxylic acids is 4. The molecule has 120 valence electrons. The topological polar surface area (TPSA) is 104 Å². The summed E-state index contributed by atoms with van der Waals surface area (Å²) in [6, 6.07) is 10.5. The van der Waals surface area contributed by atoms with Gasteiger partial charge in [-0.2, -0.15) is 0 Å². The highest BCUT2D eigenvalue weighted by atomic mass is 16.5. The second kappa shape index (κ2) is 6.08. The third-order valence-corrected chi connectivity index (χ3v) is 3.85. The average molecular weight is 323 g/mol. The molecule has 3 rings (SSSR count). The molecular formula is C18H13NO5. The van der Waals surface area contributed by atoms with Gasteiger partial charge < -0.3 is 10.5 Å². The molecular weight excluding hydrogens is 310 g/mol. The molecule has 0 saturated carbocycles. The third kappa shape index (κ3) is 2.48. The minimum Gasteiger partial charge on any atom is -0.486 e. The van der Waals surface area contributed by atoms with Gasteiger partial charge in [0.05, 0.1) is 5.56 Å². The number of carbonyl (C=O) groups is 4. The van der Waals surface area contributed by atoms with E-state index in [0.29, 0.717) is 12.0 Å². The van der Waals surface area contributed by atoms with Crippen LogP contribution in [-0.4, -0.2) is 30.2 Å². The summed E-state index contributed by atoms with van der Waals surface area (Å²) in [6.07, 6.45) is 0.608. The molecule has 6 heteroatoms. The summed E-state index contributed by atoms with van der Waals surface area (Å²) in [6.45, 7) is -0.0958. The molecule has 24 heavy (non-hydrogen) atoms. The number of rotatable bonds is 5. The lowest BCUT2D eigenvalue weighted by molar-refractivity contribution is -0.109. The van der Waals surface area contributed by atoms with Crippen LogP contribution in [-0.2, 0) is 4.79 Å². The molecule has 2 aromatic rings. The van der Waals surface area contributed by atoms with Crippen LogP contribution in [0.5, 0.6) is 5.75 Å². The number of Topliss-reactive ketones (excluding diaryl/α,β-unsaturated/α-hetero) is 3. The maximum atomic E-state index is 12.6. The first-order valence-electron chi connectivity index (χ1n) is 7.22. The molecule has 0 amide bonds. The van der Waals surface area contributed by atoms with Gasteiger partial charge in [0, 0.05) is 16.8 Å². The van der Waals surface area contributed by atoms with Crippen LogP contribution in [0.3, 0.4) is 0 Å². The second-order valence-corrected chi connectivity index (χ2v) is 5.30. The van der Waals surface area contributed by atoms with E-state index in [1.165, 1.54) is 36.4 Å². The Kier molecular flexibility index (Phi) is 3.95. The van der Waals surface area contributed by atoms with Gasteiger partial charge in [0.2, 0.25) is 0 Å². The fraction of sp³-hybridized carbons (Fsp3) is 0.111. The summed E-state index contributed by atoms with van der Waals surface area (Å²) in [5.74, 6) is -2.67. The van der Waals surface area contributed by atoms with Gasteiger partial charge >= 0.3 is 0 Å². The van der Waals surface area contributed by atoms with E-state index in [0.717, 1.165) is 0 Å². The predicted octanol–water partition coefficient (Wildman–Crippen LogP) is 1.72. The number of hydrogen-bond acceptors (Lipinski definition) is 6. The number of ether oxygens (including phenoxy) is 1. The lowest BCUT2D eigenvalue weighted by Gasteiger charge is -2.07. The third-order valence-electron chi connectivity index (χ3n) is 3.85. The Balaban J connectivity index is 1.89. The van der Waals surface area contributed by atoms with E-state index in [1.807, 2.05) is 0 Å². The molecule has 0 heterocycles. The van der Waals surface area contributed by atoms with Crippen molar-refractivity contribution in [3.8, 4) is 5.75 Å². The monoisotopic (exact) mass is 323 g/mol. The van der Waals surface area contributed by atoms with Gasteiger partial charge in [-0.1, -0.05) is 12.1 Å². The molecule has 1 unspecified atom stereocenters. The Bertz CT molecular complexity index is 854. The fourth-order valence-corrected chi connectivity index (χ4v) is 2.72. The molecule has 6 nitrogen and oxygen atoms in total. The Morgan fingerprint density at radius 1 is 1.08 bits per heavy atom. The van der Waals surface area contributed by atoms with Crippen LogP contribution in [0.2, 0.25) is 0 Å². The molecule has 1 aliphatic rings. The zero-order valence-electron chi connectivity index (χ0n) is 12.5. The molecule has 1 aliphatic carbocycles. The fourth-order valence-electron chi connectivity index (χ4n) is 2.72. The molecule has 0 bridgehead atoms. The van der Waals surface area contributed by atoms with Crippen molar-refractivity contribution in [1.82, 2.24) is 0 Å². The first-order valence-corrected chi connectivity index (χ1v) is 7.22. The molecule has 2 N–H and O–H groups in total. The minimum atomic E-state index is -1.40. The molecule has 0 spiro atoms. The summed E-state index contributed by atoms with van der Waals surface area (Å²) < 4.78 is 5.09. The molecule has 0 fully saturated rings. The number of nitrogen functional groups attached to an aromatic ring is 1. The normalized spacial score (nSPS) is 15.9. The summed E-state index contributed by atoms with van der Waals surface area (Å²) in [4.78, 5) is 47.8. The van der Waals surface area contributed by atoms with Crippen molar-refractivity contribution in [1.29, 1.82) is 0 Å². The van der Waals surface area contributed by atoms with Crippen LogP contribution < -0.4 is 10.5 Å². The minimum absolute atomic E-state index is 0.0958. The van der Waals surface area contributed by atoms with Gasteiger partial charge in [0.1, 0.15) is 18.3 Å². The Morgan fingerprint density at radius 3 is 2.42 bits per heavy atom. The largest absolute Gasteiger partial charge is 0.486 e. The molecule has 0 radical (unpaired) electrons. The number of benzene rings is 2. The molecule has 1 atom stereocenters. The van der Waals surface area contributed by atoms with Crippen molar-refractivity contribution >= 4 is 29.3 Å². The predicted molar refractivity (Wildman–Crippen MR) is 85.3 cm³/mol. The molecule has 0 saturated heterocycles. The number of hydrogen-bond donors (Lipinski definition) is 1. The first kappa shape index (κ1) is 15.6. The highest BCUT2D eigenvalue weighted by Gasteiger charge is 2.44. The standard InChI is InChI=1S/C18H13NO5/c19-13-3-1-2-12-14(13)18(23)15(17(12)22)16(21)10-4-6-11(7-5-10)24-9-8-20/h1-8,15H,9,19H2.